The van der Waals surface area contributed by atoms with Gasteiger partial charge in [-0.1, -0.05) is 25.0 Å². The van der Waals surface area contributed by atoms with Crippen molar-refractivity contribution in [3.8, 4) is 17.1 Å². The van der Waals surface area contributed by atoms with Gasteiger partial charge in [-0.2, -0.15) is 0 Å². The summed E-state index contributed by atoms with van der Waals surface area (Å²) >= 11 is 0. The van der Waals surface area contributed by atoms with E-state index in [2.05, 4.69) is 24.9 Å². The van der Waals surface area contributed by atoms with E-state index >= 15 is 0 Å². The Labute approximate surface area is 275 Å². The first-order chi connectivity index (χ1) is 22.6. The highest BCUT2D eigenvalue weighted by Gasteiger charge is 2.31. The van der Waals surface area contributed by atoms with Gasteiger partial charge in [-0.25, -0.2) is 4.79 Å². The minimum Gasteiger partial charge on any atom is -0.490 e. The van der Waals surface area contributed by atoms with Crippen LogP contribution in [0.15, 0.2) is 66.9 Å². The largest absolute Gasteiger partial charge is 0.490 e. The van der Waals surface area contributed by atoms with Gasteiger partial charge in [0.15, 0.2) is 0 Å². The van der Waals surface area contributed by atoms with Crippen LogP contribution in [-0.4, -0.2) is 60.3 Å². The molecule has 1 aliphatic carbocycles. The van der Waals surface area contributed by atoms with E-state index < -0.39 is 17.4 Å². The van der Waals surface area contributed by atoms with Crippen LogP contribution in [0.4, 0.5) is 5.69 Å². The summed E-state index contributed by atoms with van der Waals surface area (Å²) in [5, 5.41) is 6.92. The highest BCUT2D eigenvalue weighted by atomic mass is 16.5. The zero-order valence-corrected chi connectivity index (χ0v) is 27.6. The minimum absolute atomic E-state index is 0.269. The van der Waals surface area contributed by atoms with Crippen molar-refractivity contribution >= 4 is 40.4 Å². The molecule has 1 saturated carbocycles. The lowest BCUT2D eigenvalue weighted by atomic mass is 9.93. The number of anilines is 1. The van der Waals surface area contributed by atoms with Crippen molar-refractivity contribution in [2.24, 2.45) is 7.05 Å². The fraction of sp³-hybridized carbons (Fsp3) is 0.351. The van der Waals surface area contributed by atoms with Crippen molar-refractivity contribution in [3.63, 3.8) is 0 Å². The van der Waals surface area contributed by atoms with Gasteiger partial charge in [0.25, 0.3) is 5.91 Å². The Morgan fingerprint density at radius 1 is 1.02 bits per heavy atom. The number of methoxy groups -OCH3 is 2. The highest BCUT2D eigenvalue weighted by Crippen LogP contribution is 2.44. The van der Waals surface area contributed by atoms with Crippen LogP contribution in [-0.2, 0) is 26.1 Å². The Balaban J connectivity index is 1.36. The molecule has 47 heavy (non-hydrogen) atoms. The predicted octanol–water partition coefficient (Wildman–Crippen LogP) is 6.26. The molecule has 2 heterocycles. The average molecular weight is 639 g/mol. The number of aromatic nitrogens is 2. The maximum atomic E-state index is 13.6. The topological polar surface area (TPSA) is 121 Å². The third-order valence-corrected chi connectivity index (χ3v) is 8.58. The number of rotatable bonds is 12. The second-order valence-electron chi connectivity index (χ2n) is 12.2. The average Bonchev–Trinajstić information content (AvgIpc) is 3.70. The molecule has 246 valence electrons. The normalized spacial score (nSPS) is 13.6. The number of nitrogens with zero attached hydrogens (tertiary/aromatic N) is 2. The molecule has 2 aromatic heterocycles. The number of aryl methyl sites for hydroxylation is 1. The van der Waals surface area contributed by atoms with Crippen molar-refractivity contribution in [2.75, 3.05) is 32.8 Å². The number of carbonyl (C=O) groups is 3. The molecule has 10 heteroatoms. The van der Waals surface area contributed by atoms with E-state index in [1.54, 1.807) is 45.2 Å². The van der Waals surface area contributed by atoms with Crippen molar-refractivity contribution in [1.82, 2.24) is 14.9 Å². The van der Waals surface area contributed by atoms with Crippen LogP contribution >= 0.6 is 0 Å². The molecule has 1 fully saturated rings. The molecule has 10 nitrogen and oxygen atoms in total. The fourth-order valence-electron chi connectivity index (χ4n) is 6.08. The smallest absolute Gasteiger partial charge is 0.330 e. The van der Waals surface area contributed by atoms with Crippen LogP contribution in [0.25, 0.3) is 28.4 Å². The van der Waals surface area contributed by atoms with Crippen LogP contribution < -0.4 is 15.4 Å². The molecule has 2 aromatic carbocycles. The van der Waals surface area contributed by atoms with Crippen LogP contribution in [0.5, 0.6) is 5.75 Å². The summed E-state index contributed by atoms with van der Waals surface area (Å²) < 4.78 is 17.7. The molecule has 0 atom stereocenters. The first kappa shape index (κ1) is 33.4. The summed E-state index contributed by atoms with van der Waals surface area (Å²) in [6.45, 7) is 3.94. The second-order valence-corrected chi connectivity index (χ2v) is 12.2. The second kappa shape index (κ2) is 14.6. The lowest BCUT2D eigenvalue weighted by Gasteiger charge is -2.25. The van der Waals surface area contributed by atoms with E-state index in [1.807, 2.05) is 49.6 Å². The lowest BCUT2D eigenvalue weighted by molar-refractivity contribution is -0.134. The number of hydrogen-bond acceptors (Lipinski definition) is 7. The third-order valence-electron chi connectivity index (χ3n) is 8.58. The monoisotopic (exact) mass is 638 g/mol. The van der Waals surface area contributed by atoms with Crippen molar-refractivity contribution in [3.05, 3.63) is 83.6 Å². The number of ether oxygens (including phenoxy) is 3. The van der Waals surface area contributed by atoms with Crippen molar-refractivity contribution in [1.29, 1.82) is 0 Å². The van der Waals surface area contributed by atoms with Gasteiger partial charge in [0.05, 0.1) is 25.1 Å². The Kier molecular flexibility index (Phi) is 10.4. The number of carbonyl (C=O) groups excluding carboxylic acids is 3. The standard InChI is InChI=1S/C37H42N4O6/c1-37(2,36(44)39-27-16-13-24(15-18-32(42)46-5)31(23-27)47-21-20-45-4)40-35(43)26-14-17-28-30(22-26)41(3)34(29-12-8-9-19-38-29)33(28)25-10-6-7-11-25/h8-9,12-19,22-23,25H,6-7,10-11,20-21H2,1-5H3,(H,39,44)(H,40,43)/b18-15+. The van der Waals surface area contributed by atoms with Gasteiger partial charge >= 0.3 is 5.97 Å². The molecular weight excluding hydrogens is 596 g/mol. The molecule has 4 aromatic rings. The fourth-order valence-corrected chi connectivity index (χ4v) is 6.08. The first-order valence-corrected chi connectivity index (χ1v) is 15.8. The van der Waals surface area contributed by atoms with E-state index in [1.165, 1.54) is 31.6 Å². The molecule has 0 aliphatic heterocycles. The Morgan fingerprint density at radius 3 is 2.51 bits per heavy atom. The zero-order valence-electron chi connectivity index (χ0n) is 27.6. The third kappa shape index (κ3) is 7.55. The van der Waals surface area contributed by atoms with Gasteiger partial charge in [0.2, 0.25) is 5.91 Å². The summed E-state index contributed by atoms with van der Waals surface area (Å²) in [5.41, 5.74) is 4.53. The lowest BCUT2D eigenvalue weighted by Crippen LogP contribution is -2.52. The number of fused-ring (bicyclic) bond motifs is 1. The van der Waals surface area contributed by atoms with Crippen LogP contribution in [0.1, 0.15) is 66.9 Å². The van der Waals surface area contributed by atoms with Crippen LogP contribution in [0.2, 0.25) is 0 Å². The highest BCUT2D eigenvalue weighted by molar-refractivity contribution is 6.05. The van der Waals surface area contributed by atoms with Crippen LogP contribution in [0.3, 0.4) is 0 Å². The summed E-state index contributed by atoms with van der Waals surface area (Å²) in [6, 6.07) is 16.8. The van der Waals surface area contributed by atoms with E-state index in [0.717, 1.165) is 35.1 Å². The molecule has 0 radical (unpaired) electrons. The maximum absolute atomic E-state index is 13.6. The number of benzene rings is 2. The number of amides is 2. The number of esters is 1. The van der Waals surface area contributed by atoms with Crippen molar-refractivity contribution < 1.29 is 28.6 Å². The van der Waals surface area contributed by atoms with E-state index in [0.29, 0.717) is 35.1 Å². The van der Waals surface area contributed by atoms with Gasteiger partial charge in [0.1, 0.15) is 17.9 Å². The van der Waals surface area contributed by atoms with Gasteiger partial charge < -0.3 is 29.4 Å². The predicted molar refractivity (Wildman–Crippen MR) is 182 cm³/mol. The van der Waals surface area contributed by atoms with E-state index in [4.69, 9.17) is 9.47 Å². The van der Waals surface area contributed by atoms with Gasteiger partial charge in [-0.05, 0) is 80.6 Å². The van der Waals surface area contributed by atoms with Crippen molar-refractivity contribution in [2.45, 2.75) is 51.0 Å². The molecule has 1 aliphatic rings. The summed E-state index contributed by atoms with van der Waals surface area (Å²) in [4.78, 5) is 43.3. The Morgan fingerprint density at radius 2 is 1.81 bits per heavy atom. The molecular formula is C37H42N4O6. The summed E-state index contributed by atoms with van der Waals surface area (Å²) in [7, 11) is 4.89. The van der Waals surface area contributed by atoms with Crippen LogP contribution in [0, 0.1) is 0 Å². The zero-order chi connectivity index (χ0) is 33.6. The SMILES string of the molecule is COCCOc1cc(NC(=O)C(C)(C)NC(=O)c2ccc3c(C4CCCC4)c(-c4ccccn4)n(C)c3c2)ccc1/C=C/C(=O)OC. The molecule has 5 rings (SSSR count). The molecule has 0 spiro atoms. The van der Waals surface area contributed by atoms with E-state index in [9.17, 15) is 14.4 Å². The van der Waals surface area contributed by atoms with Gasteiger partial charge in [0, 0.05) is 60.2 Å². The maximum Gasteiger partial charge on any atom is 0.330 e. The quantitative estimate of drug-likeness (QED) is 0.107. The van der Waals surface area contributed by atoms with E-state index in [-0.39, 0.29) is 12.5 Å². The Hall–Kier alpha value is -4.96. The molecule has 2 N–H and O–H groups in total. The molecule has 0 unspecified atom stereocenters. The first-order valence-electron chi connectivity index (χ1n) is 15.8. The minimum atomic E-state index is -1.26. The molecule has 0 saturated heterocycles. The Bertz CT molecular complexity index is 1790. The van der Waals surface area contributed by atoms with Gasteiger partial charge in [-0.3, -0.25) is 14.6 Å². The number of nitrogens with one attached hydrogen (secondary N) is 2. The number of hydrogen-bond donors (Lipinski definition) is 2. The molecule has 0 bridgehead atoms. The van der Waals surface area contributed by atoms with Gasteiger partial charge in [-0.15, -0.1) is 0 Å². The number of pyridine rings is 1. The summed E-state index contributed by atoms with van der Waals surface area (Å²) in [6.07, 6.45) is 9.36. The molecule has 2 amide bonds. The summed E-state index contributed by atoms with van der Waals surface area (Å²) in [5.74, 6) is -0.382.